The molecule has 0 bridgehead atoms. The minimum atomic E-state index is -0.0225. The Morgan fingerprint density at radius 2 is 1.82 bits per heavy atom. The Kier molecular flexibility index (Phi) is 4.32. The van der Waals surface area contributed by atoms with Crippen LogP contribution in [-0.4, -0.2) is 34.1 Å². The number of rotatable bonds is 3. The summed E-state index contributed by atoms with van der Waals surface area (Å²) in [6.07, 6.45) is 2.12. The van der Waals surface area contributed by atoms with Gasteiger partial charge in [-0.05, 0) is 43.0 Å². The number of aromatic nitrogens is 2. The molecule has 1 aromatic heterocycles. The van der Waals surface area contributed by atoms with Crippen molar-refractivity contribution in [3.05, 3.63) is 48.2 Å². The van der Waals surface area contributed by atoms with E-state index in [1.165, 1.54) is 0 Å². The van der Waals surface area contributed by atoms with Crippen LogP contribution >= 0.6 is 0 Å². The van der Waals surface area contributed by atoms with Gasteiger partial charge in [0.1, 0.15) is 0 Å². The van der Waals surface area contributed by atoms with Crippen LogP contribution in [0, 0.1) is 5.92 Å². The zero-order chi connectivity index (χ0) is 15.4. The van der Waals surface area contributed by atoms with Gasteiger partial charge in [-0.2, -0.15) is 0 Å². The number of carbonyl (C=O) groups is 1. The zero-order valence-electron chi connectivity index (χ0n) is 12.7. The lowest BCUT2D eigenvalue weighted by atomic mass is 9.99. The molecule has 0 spiro atoms. The molecule has 114 valence electrons. The maximum Gasteiger partial charge on any atom is 0.274 e. The number of likely N-dealkylation sites (tertiary alicyclic amines) is 1. The van der Waals surface area contributed by atoms with Crippen LogP contribution in [0.1, 0.15) is 30.3 Å². The van der Waals surface area contributed by atoms with Gasteiger partial charge >= 0.3 is 0 Å². The highest BCUT2D eigenvalue weighted by Crippen LogP contribution is 2.18. The van der Waals surface area contributed by atoms with Crippen molar-refractivity contribution < 1.29 is 4.79 Å². The highest BCUT2D eigenvalue weighted by atomic mass is 16.2. The minimum Gasteiger partial charge on any atom is -0.339 e. The van der Waals surface area contributed by atoms with E-state index in [9.17, 15) is 4.79 Å². The van der Waals surface area contributed by atoms with Gasteiger partial charge in [0.25, 0.3) is 5.91 Å². The molecule has 1 aromatic carbocycles. The Labute approximate surface area is 130 Å². The van der Waals surface area contributed by atoms with Crippen LogP contribution in [-0.2, 0) is 0 Å². The molecule has 1 aliphatic rings. The molecule has 1 aliphatic heterocycles. The summed E-state index contributed by atoms with van der Waals surface area (Å²) in [5, 5.41) is 11.3. The van der Waals surface area contributed by atoms with Gasteiger partial charge in [0.15, 0.2) is 11.5 Å². The van der Waals surface area contributed by atoms with E-state index in [-0.39, 0.29) is 5.91 Å². The number of nitrogens with zero attached hydrogens (tertiary/aromatic N) is 3. The Balaban J connectivity index is 1.65. The topological polar surface area (TPSA) is 58.1 Å². The summed E-state index contributed by atoms with van der Waals surface area (Å²) in [6.45, 7) is 3.85. The summed E-state index contributed by atoms with van der Waals surface area (Å²) in [6, 6.07) is 13.3. The lowest BCUT2D eigenvalue weighted by Crippen LogP contribution is -2.38. The number of para-hydroxylation sites is 1. The maximum absolute atomic E-state index is 12.4. The van der Waals surface area contributed by atoms with Crippen LogP contribution in [0.15, 0.2) is 42.5 Å². The number of carbonyl (C=O) groups excluding carboxylic acids is 1. The molecule has 1 N–H and O–H groups in total. The SMILES string of the molecule is CC1CCN(C(=O)c2ccc(Nc3ccccc3)nn2)CC1. The Hall–Kier alpha value is -2.43. The van der Waals surface area contributed by atoms with Gasteiger partial charge in [-0.25, -0.2) is 0 Å². The average molecular weight is 296 g/mol. The van der Waals surface area contributed by atoms with E-state index in [1.807, 2.05) is 35.2 Å². The van der Waals surface area contributed by atoms with Crippen molar-refractivity contribution in [3.63, 3.8) is 0 Å². The van der Waals surface area contributed by atoms with Crippen LogP contribution in [0.2, 0.25) is 0 Å². The van der Waals surface area contributed by atoms with E-state index in [4.69, 9.17) is 0 Å². The summed E-state index contributed by atoms with van der Waals surface area (Å²) in [4.78, 5) is 14.2. The first-order chi connectivity index (χ1) is 10.7. The third-order valence-electron chi connectivity index (χ3n) is 4.00. The van der Waals surface area contributed by atoms with E-state index in [2.05, 4.69) is 22.4 Å². The van der Waals surface area contributed by atoms with E-state index in [1.54, 1.807) is 12.1 Å². The molecule has 5 heteroatoms. The number of benzene rings is 1. The number of hydrogen-bond donors (Lipinski definition) is 1. The quantitative estimate of drug-likeness (QED) is 0.945. The van der Waals surface area contributed by atoms with Crippen molar-refractivity contribution in [3.8, 4) is 0 Å². The number of amides is 1. The predicted octanol–water partition coefficient (Wildman–Crippen LogP) is 3.09. The van der Waals surface area contributed by atoms with E-state index in [0.717, 1.165) is 31.6 Å². The Morgan fingerprint density at radius 3 is 2.45 bits per heavy atom. The van der Waals surface area contributed by atoms with Gasteiger partial charge in [-0.3, -0.25) is 4.79 Å². The lowest BCUT2D eigenvalue weighted by molar-refractivity contribution is 0.0690. The summed E-state index contributed by atoms with van der Waals surface area (Å²) in [5.74, 6) is 1.31. The minimum absolute atomic E-state index is 0.0225. The first-order valence-electron chi connectivity index (χ1n) is 7.67. The number of hydrogen-bond acceptors (Lipinski definition) is 4. The fraction of sp³-hybridized carbons (Fsp3) is 0.353. The average Bonchev–Trinajstić information content (AvgIpc) is 2.57. The van der Waals surface area contributed by atoms with Gasteiger partial charge in [0, 0.05) is 18.8 Å². The Bertz CT molecular complexity index is 619. The van der Waals surface area contributed by atoms with Crippen molar-refractivity contribution in [2.75, 3.05) is 18.4 Å². The number of piperidine rings is 1. The molecule has 0 saturated carbocycles. The van der Waals surface area contributed by atoms with Crippen molar-refractivity contribution in [1.82, 2.24) is 15.1 Å². The number of anilines is 2. The van der Waals surface area contributed by atoms with Gasteiger partial charge < -0.3 is 10.2 Å². The standard InChI is InChI=1S/C17H20N4O/c1-13-9-11-21(12-10-13)17(22)15-7-8-16(20-19-15)18-14-5-3-2-4-6-14/h2-8,13H,9-12H2,1H3,(H,18,20). The third-order valence-corrected chi connectivity index (χ3v) is 4.00. The number of nitrogens with one attached hydrogen (secondary N) is 1. The molecule has 0 atom stereocenters. The smallest absolute Gasteiger partial charge is 0.274 e. The molecule has 3 rings (SSSR count). The molecule has 1 saturated heterocycles. The lowest BCUT2D eigenvalue weighted by Gasteiger charge is -2.29. The van der Waals surface area contributed by atoms with Crippen LogP contribution in [0.4, 0.5) is 11.5 Å². The Morgan fingerprint density at radius 1 is 1.09 bits per heavy atom. The molecular weight excluding hydrogens is 276 g/mol. The summed E-state index contributed by atoms with van der Waals surface area (Å²) >= 11 is 0. The molecule has 1 fully saturated rings. The highest BCUT2D eigenvalue weighted by molar-refractivity contribution is 5.92. The maximum atomic E-state index is 12.4. The summed E-state index contributed by atoms with van der Waals surface area (Å²) in [7, 11) is 0. The van der Waals surface area contributed by atoms with Crippen LogP contribution < -0.4 is 5.32 Å². The molecule has 0 radical (unpaired) electrons. The summed E-state index contributed by atoms with van der Waals surface area (Å²) in [5.41, 5.74) is 1.36. The molecule has 22 heavy (non-hydrogen) atoms. The largest absolute Gasteiger partial charge is 0.339 e. The van der Waals surface area contributed by atoms with Gasteiger partial charge in [0.05, 0.1) is 0 Å². The predicted molar refractivity (Wildman–Crippen MR) is 86.1 cm³/mol. The van der Waals surface area contributed by atoms with E-state index in [0.29, 0.717) is 17.4 Å². The fourth-order valence-corrected chi connectivity index (χ4v) is 2.56. The second kappa shape index (κ2) is 6.56. The second-order valence-corrected chi connectivity index (χ2v) is 5.77. The van der Waals surface area contributed by atoms with Crippen molar-refractivity contribution >= 4 is 17.4 Å². The second-order valence-electron chi connectivity index (χ2n) is 5.77. The third kappa shape index (κ3) is 3.42. The van der Waals surface area contributed by atoms with Crippen molar-refractivity contribution in [2.24, 2.45) is 5.92 Å². The molecule has 1 amide bonds. The monoisotopic (exact) mass is 296 g/mol. The van der Waals surface area contributed by atoms with Gasteiger partial charge in [-0.1, -0.05) is 25.1 Å². The normalized spacial score (nSPS) is 15.6. The van der Waals surface area contributed by atoms with Crippen LogP contribution in [0.5, 0.6) is 0 Å². The molecule has 2 heterocycles. The van der Waals surface area contributed by atoms with E-state index >= 15 is 0 Å². The van der Waals surface area contributed by atoms with Gasteiger partial charge in [0.2, 0.25) is 0 Å². The summed E-state index contributed by atoms with van der Waals surface area (Å²) < 4.78 is 0. The van der Waals surface area contributed by atoms with Crippen LogP contribution in [0.3, 0.4) is 0 Å². The first-order valence-corrected chi connectivity index (χ1v) is 7.67. The van der Waals surface area contributed by atoms with Gasteiger partial charge in [-0.15, -0.1) is 10.2 Å². The molecule has 0 aliphatic carbocycles. The van der Waals surface area contributed by atoms with E-state index < -0.39 is 0 Å². The van der Waals surface area contributed by atoms with Crippen molar-refractivity contribution in [1.29, 1.82) is 0 Å². The zero-order valence-corrected chi connectivity index (χ0v) is 12.7. The first kappa shape index (κ1) is 14.5. The van der Waals surface area contributed by atoms with Crippen molar-refractivity contribution in [2.45, 2.75) is 19.8 Å². The fourth-order valence-electron chi connectivity index (χ4n) is 2.56. The molecule has 2 aromatic rings. The van der Waals surface area contributed by atoms with Crippen LogP contribution in [0.25, 0.3) is 0 Å². The molecule has 5 nitrogen and oxygen atoms in total. The molecular formula is C17H20N4O. The molecule has 0 unspecified atom stereocenters. The highest BCUT2D eigenvalue weighted by Gasteiger charge is 2.22.